The van der Waals surface area contributed by atoms with Gasteiger partial charge in [0.2, 0.25) is 5.91 Å². The van der Waals surface area contributed by atoms with Gasteiger partial charge >= 0.3 is 0 Å². The molecule has 1 atom stereocenters. The number of methoxy groups -OCH3 is 1. The van der Waals surface area contributed by atoms with E-state index in [1.54, 1.807) is 7.11 Å². The van der Waals surface area contributed by atoms with Gasteiger partial charge in [-0.1, -0.05) is 30.3 Å². The molecule has 2 rings (SSSR count). The first-order valence-electron chi connectivity index (χ1n) is 7.92. The minimum atomic E-state index is 0. The van der Waals surface area contributed by atoms with Gasteiger partial charge in [-0.3, -0.25) is 4.79 Å². The molecule has 0 spiro atoms. The first kappa shape index (κ1) is 19.9. The van der Waals surface area contributed by atoms with E-state index in [4.69, 9.17) is 9.47 Å². The highest BCUT2D eigenvalue weighted by atomic mass is 35.5. The molecule has 1 heterocycles. The highest BCUT2D eigenvalue weighted by Crippen LogP contribution is 2.15. The van der Waals surface area contributed by atoms with Gasteiger partial charge < -0.3 is 19.7 Å². The molecule has 0 aromatic heterocycles. The van der Waals surface area contributed by atoms with Gasteiger partial charge in [-0.25, -0.2) is 0 Å². The fourth-order valence-corrected chi connectivity index (χ4v) is 2.57. The monoisotopic (exact) mass is 342 g/mol. The number of amides is 1. The Hall–Kier alpha value is -1.14. The summed E-state index contributed by atoms with van der Waals surface area (Å²) in [5, 5.41) is 3.12. The zero-order chi connectivity index (χ0) is 15.6. The van der Waals surface area contributed by atoms with Crippen molar-refractivity contribution in [3.63, 3.8) is 0 Å². The standard InChI is InChI=1S/C17H26N2O3.ClH/c1-21-11-9-18-12-17(20)19(14-16-8-5-10-22-16)13-15-6-3-2-4-7-15;/h2-4,6-7,16,18H,5,8-14H2,1H3;1H. The summed E-state index contributed by atoms with van der Waals surface area (Å²) >= 11 is 0. The summed E-state index contributed by atoms with van der Waals surface area (Å²) in [5.74, 6) is 0.107. The maximum Gasteiger partial charge on any atom is 0.236 e. The number of hydrogen-bond donors (Lipinski definition) is 1. The fourth-order valence-electron chi connectivity index (χ4n) is 2.57. The van der Waals surface area contributed by atoms with Crippen molar-refractivity contribution >= 4 is 18.3 Å². The number of benzene rings is 1. The second kappa shape index (κ2) is 11.4. The number of rotatable bonds is 9. The van der Waals surface area contributed by atoms with Crippen LogP contribution in [0.3, 0.4) is 0 Å². The van der Waals surface area contributed by atoms with Crippen molar-refractivity contribution in [2.45, 2.75) is 25.5 Å². The van der Waals surface area contributed by atoms with E-state index in [1.165, 1.54) is 0 Å². The molecule has 0 saturated carbocycles. The Morgan fingerprint density at radius 1 is 1.39 bits per heavy atom. The molecular weight excluding hydrogens is 316 g/mol. The van der Waals surface area contributed by atoms with Crippen LogP contribution in [0.5, 0.6) is 0 Å². The Bertz CT molecular complexity index is 439. The predicted molar refractivity (Wildman–Crippen MR) is 92.8 cm³/mol. The Kier molecular flexibility index (Phi) is 9.87. The molecule has 1 unspecified atom stereocenters. The van der Waals surface area contributed by atoms with E-state index in [9.17, 15) is 4.79 Å². The Morgan fingerprint density at radius 2 is 2.17 bits per heavy atom. The van der Waals surface area contributed by atoms with E-state index >= 15 is 0 Å². The molecule has 0 radical (unpaired) electrons. The van der Waals surface area contributed by atoms with E-state index in [0.717, 1.165) is 25.0 Å². The van der Waals surface area contributed by atoms with E-state index in [1.807, 2.05) is 35.2 Å². The molecule has 1 saturated heterocycles. The lowest BCUT2D eigenvalue weighted by Crippen LogP contribution is -2.42. The van der Waals surface area contributed by atoms with Crippen LogP contribution >= 0.6 is 12.4 Å². The lowest BCUT2D eigenvalue weighted by atomic mass is 10.2. The smallest absolute Gasteiger partial charge is 0.236 e. The third kappa shape index (κ3) is 7.31. The summed E-state index contributed by atoms with van der Waals surface area (Å²) in [7, 11) is 1.66. The van der Waals surface area contributed by atoms with Crippen LogP contribution in [0.2, 0.25) is 0 Å². The van der Waals surface area contributed by atoms with Crippen LogP contribution in [-0.4, -0.2) is 56.9 Å². The maximum absolute atomic E-state index is 12.5. The first-order valence-corrected chi connectivity index (χ1v) is 7.92. The molecule has 1 amide bonds. The van der Waals surface area contributed by atoms with Crippen LogP contribution in [0.25, 0.3) is 0 Å². The first-order chi connectivity index (χ1) is 10.8. The molecule has 1 fully saturated rings. The molecule has 1 aromatic rings. The largest absolute Gasteiger partial charge is 0.383 e. The highest BCUT2D eigenvalue weighted by Gasteiger charge is 2.22. The van der Waals surface area contributed by atoms with Gasteiger partial charge in [0.15, 0.2) is 0 Å². The van der Waals surface area contributed by atoms with Crippen LogP contribution in [0.15, 0.2) is 30.3 Å². The fraction of sp³-hybridized carbons (Fsp3) is 0.588. The van der Waals surface area contributed by atoms with E-state index < -0.39 is 0 Å². The summed E-state index contributed by atoms with van der Waals surface area (Å²) in [6.07, 6.45) is 2.30. The van der Waals surface area contributed by atoms with Gasteiger partial charge in [-0.05, 0) is 18.4 Å². The lowest BCUT2D eigenvalue weighted by molar-refractivity contribution is -0.132. The van der Waals surface area contributed by atoms with Crippen LogP contribution in [0.1, 0.15) is 18.4 Å². The predicted octanol–water partition coefficient (Wildman–Crippen LogP) is 1.85. The van der Waals surface area contributed by atoms with Gasteiger partial charge in [0.05, 0.1) is 19.3 Å². The topological polar surface area (TPSA) is 50.8 Å². The van der Waals surface area contributed by atoms with Crippen molar-refractivity contribution in [2.75, 3.05) is 40.0 Å². The average molecular weight is 343 g/mol. The SMILES string of the molecule is COCCNCC(=O)N(Cc1ccccc1)CC1CCCO1.Cl. The minimum Gasteiger partial charge on any atom is -0.383 e. The zero-order valence-corrected chi connectivity index (χ0v) is 14.5. The van der Waals surface area contributed by atoms with Crippen molar-refractivity contribution in [2.24, 2.45) is 0 Å². The highest BCUT2D eigenvalue weighted by molar-refractivity contribution is 5.85. The molecule has 0 bridgehead atoms. The number of ether oxygens (including phenoxy) is 2. The van der Waals surface area contributed by atoms with E-state index in [0.29, 0.717) is 32.8 Å². The molecule has 130 valence electrons. The van der Waals surface area contributed by atoms with E-state index in [-0.39, 0.29) is 24.4 Å². The van der Waals surface area contributed by atoms with Gasteiger partial charge in [0.1, 0.15) is 0 Å². The summed E-state index contributed by atoms with van der Waals surface area (Å²) in [6.45, 7) is 3.73. The maximum atomic E-state index is 12.5. The Morgan fingerprint density at radius 3 is 2.83 bits per heavy atom. The van der Waals surface area contributed by atoms with E-state index in [2.05, 4.69) is 5.32 Å². The Balaban J connectivity index is 0.00000264. The Labute approximate surface area is 144 Å². The molecule has 1 aliphatic heterocycles. The number of nitrogens with one attached hydrogen (secondary N) is 1. The van der Waals surface area contributed by atoms with Crippen LogP contribution in [-0.2, 0) is 20.8 Å². The second-order valence-electron chi connectivity index (χ2n) is 5.56. The van der Waals surface area contributed by atoms with Crippen LogP contribution in [0, 0.1) is 0 Å². The zero-order valence-electron chi connectivity index (χ0n) is 13.7. The summed E-state index contributed by atoms with van der Waals surface area (Å²) in [5.41, 5.74) is 1.14. The average Bonchev–Trinajstić information content (AvgIpc) is 3.05. The molecular formula is C17H27ClN2O3. The molecule has 5 nitrogen and oxygen atoms in total. The number of hydrogen-bond acceptors (Lipinski definition) is 4. The van der Waals surface area contributed by atoms with Gasteiger partial charge in [-0.2, -0.15) is 0 Å². The van der Waals surface area contributed by atoms with Crippen molar-refractivity contribution in [1.29, 1.82) is 0 Å². The van der Waals surface area contributed by atoms with Crippen molar-refractivity contribution < 1.29 is 14.3 Å². The summed E-state index contributed by atoms with van der Waals surface area (Å²) in [6, 6.07) is 10.1. The number of nitrogens with zero attached hydrogens (tertiary/aromatic N) is 1. The lowest BCUT2D eigenvalue weighted by Gasteiger charge is -2.26. The molecule has 1 aromatic carbocycles. The third-order valence-corrected chi connectivity index (χ3v) is 3.78. The quantitative estimate of drug-likeness (QED) is 0.696. The van der Waals surface area contributed by atoms with Crippen molar-refractivity contribution in [1.82, 2.24) is 10.2 Å². The molecule has 0 aliphatic carbocycles. The number of halogens is 1. The normalized spacial score (nSPS) is 16.8. The van der Waals surface area contributed by atoms with Crippen molar-refractivity contribution in [3.05, 3.63) is 35.9 Å². The van der Waals surface area contributed by atoms with Crippen LogP contribution < -0.4 is 5.32 Å². The summed E-state index contributed by atoms with van der Waals surface area (Å²) in [4.78, 5) is 14.4. The molecule has 1 N–H and O–H groups in total. The van der Waals surface area contributed by atoms with Gasteiger partial charge in [-0.15, -0.1) is 12.4 Å². The van der Waals surface area contributed by atoms with Gasteiger partial charge in [0, 0.05) is 33.4 Å². The van der Waals surface area contributed by atoms with Crippen LogP contribution in [0.4, 0.5) is 0 Å². The number of carbonyl (C=O) groups excluding carboxylic acids is 1. The third-order valence-electron chi connectivity index (χ3n) is 3.78. The number of carbonyl (C=O) groups is 1. The van der Waals surface area contributed by atoms with Crippen molar-refractivity contribution in [3.8, 4) is 0 Å². The molecule has 1 aliphatic rings. The molecule has 6 heteroatoms. The second-order valence-corrected chi connectivity index (χ2v) is 5.56. The van der Waals surface area contributed by atoms with Gasteiger partial charge in [0.25, 0.3) is 0 Å². The molecule has 23 heavy (non-hydrogen) atoms. The minimum absolute atomic E-state index is 0. The summed E-state index contributed by atoms with van der Waals surface area (Å²) < 4.78 is 10.7.